The minimum atomic E-state index is -0.527. The van der Waals surface area contributed by atoms with Crippen molar-refractivity contribution in [2.75, 3.05) is 57.4 Å². The molecule has 0 bridgehead atoms. The molecule has 1 fully saturated rings. The van der Waals surface area contributed by atoms with E-state index < -0.39 is 6.10 Å². The smallest absolute Gasteiger partial charge is 0.161 e. The first-order valence-corrected chi connectivity index (χ1v) is 10.8. The van der Waals surface area contributed by atoms with E-state index in [9.17, 15) is 5.11 Å². The third-order valence-corrected chi connectivity index (χ3v) is 5.77. The summed E-state index contributed by atoms with van der Waals surface area (Å²) < 4.78 is 17.3. The lowest BCUT2D eigenvalue weighted by Crippen LogP contribution is -2.49. The van der Waals surface area contributed by atoms with Crippen LogP contribution in [0.2, 0.25) is 5.02 Å². The second-order valence-electron chi connectivity index (χ2n) is 7.91. The van der Waals surface area contributed by atoms with Gasteiger partial charge in [0.2, 0.25) is 0 Å². The van der Waals surface area contributed by atoms with E-state index >= 15 is 0 Å². The standard InChI is InChI=1S/C23H29ClN2O4/c1-17-6-7-18(24)12-21(17)26-10-8-25(9-11-26)13-19(27)14-28-15-20-16-29-22-4-2-3-5-23(22)30-20/h2-7,12,19-20,27H,8-11,13-16H2,1H3. The predicted molar refractivity (Wildman–Crippen MR) is 118 cm³/mol. The summed E-state index contributed by atoms with van der Waals surface area (Å²) in [5.74, 6) is 1.51. The average molecular weight is 433 g/mol. The lowest BCUT2D eigenvalue weighted by atomic mass is 10.1. The fourth-order valence-corrected chi connectivity index (χ4v) is 4.09. The maximum atomic E-state index is 10.4. The van der Waals surface area contributed by atoms with Crippen LogP contribution in [0.25, 0.3) is 0 Å². The van der Waals surface area contributed by atoms with Gasteiger partial charge < -0.3 is 24.2 Å². The Morgan fingerprint density at radius 3 is 2.70 bits per heavy atom. The number of aliphatic hydroxyl groups is 1. The summed E-state index contributed by atoms with van der Waals surface area (Å²) in [7, 11) is 0. The third-order valence-electron chi connectivity index (χ3n) is 5.53. The van der Waals surface area contributed by atoms with Gasteiger partial charge in [0.05, 0.1) is 19.3 Å². The summed E-state index contributed by atoms with van der Waals surface area (Å²) in [5.41, 5.74) is 2.43. The minimum Gasteiger partial charge on any atom is -0.486 e. The van der Waals surface area contributed by atoms with Crippen LogP contribution in [0.1, 0.15) is 5.56 Å². The van der Waals surface area contributed by atoms with Gasteiger partial charge in [-0.3, -0.25) is 4.90 Å². The van der Waals surface area contributed by atoms with Crippen molar-refractivity contribution in [2.45, 2.75) is 19.1 Å². The van der Waals surface area contributed by atoms with E-state index in [1.54, 1.807) is 0 Å². The molecule has 2 aromatic carbocycles. The zero-order chi connectivity index (χ0) is 20.9. The second kappa shape index (κ2) is 9.88. The summed E-state index contributed by atoms with van der Waals surface area (Å²) >= 11 is 6.16. The summed E-state index contributed by atoms with van der Waals surface area (Å²) in [5, 5.41) is 11.1. The van der Waals surface area contributed by atoms with Crippen molar-refractivity contribution >= 4 is 17.3 Å². The Morgan fingerprint density at radius 1 is 1.13 bits per heavy atom. The van der Waals surface area contributed by atoms with Crippen molar-refractivity contribution in [3.8, 4) is 11.5 Å². The molecule has 162 valence electrons. The molecule has 1 saturated heterocycles. The number of aryl methyl sites for hydroxylation is 1. The molecule has 0 saturated carbocycles. The maximum Gasteiger partial charge on any atom is 0.161 e. The topological polar surface area (TPSA) is 54.4 Å². The number of fused-ring (bicyclic) bond motifs is 1. The van der Waals surface area contributed by atoms with Gasteiger partial charge in [0.1, 0.15) is 6.61 Å². The molecule has 2 aromatic rings. The Morgan fingerprint density at radius 2 is 1.90 bits per heavy atom. The van der Waals surface area contributed by atoms with Crippen LogP contribution < -0.4 is 14.4 Å². The van der Waals surface area contributed by atoms with E-state index in [4.69, 9.17) is 25.8 Å². The number of para-hydroxylation sites is 2. The highest BCUT2D eigenvalue weighted by molar-refractivity contribution is 6.30. The Balaban J connectivity index is 1.16. The first-order chi connectivity index (χ1) is 14.6. The van der Waals surface area contributed by atoms with Gasteiger partial charge in [-0.05, 0) is 36.8 Å². The quantitative estimate of drug-likeness (QED) is 0.726. The van der Waals surface area contributed by atoms with Crippen LogP contribution in [0.4, 0.5) is 5.69 Å². The monoisotopic (exact) mass is 432 g/mol. The van der Waals surface area contributed by atoms with Gasteiger partial charge in [-0.2, -0.15) is 0 Å². The van der Waals surface area contributed by atoms with Crippen molar-refractivity contribution in [1.82, 2.24) is 4.90 Å². The molecule has 0 amide bonds. The molecule has 2 unspecified atom stereocenters. The van der Waals surface area contributed by atoms with Crippen LogP contribution in [0.3, 0.4) is 0 Å². The van der Waals surface area contributed by atoms with Gasteiger partial charge in [0.25, 0.3) is 0 Å². The average Bonchev–Trinajstić information content (AvgIpc) is 2.76. The summed E-state index contributed by atoms with van der Waals surface area (Å²) in [6, 6.07) is 13.6. The molecule has 0 radical (unpaired) electrons. The molecule has 2 heterocycles. The summed E-state index contributed by atoms with van der Waals surface area (Å²) in [6.07, 6.45) is -0.683. The first kappa shape index (κ1) is 21.2. The molecule has 2 aliphatic heterocycles. The van der Waals surface area contributed by atoms with Crippen LogP contribution >= 0.6 is 11.6 Å². The fraction of sp³-hybridized carbons (Fsp3) is 0.478. The van der Waals surface area contributed by atoms with Crippen molar-refractivity contribution in [3.05, 3.63) is 53.1 Å². The van der Waals surface area contributed by atoms with Crippen LogP contribution in [-0.2, 0) is 4.74 Å². The lowest BCUT2D eigenvalue weighted by molar-refractivity contribution is -0.0292. The van der Waals surface area contributed by atoms with Crippen LogP contribution in [0, 0.1) is 6.92 Å². The zero-order valence-corrected chi connectivity index (χ0v) is 18.1. The number of aliphatic hydroxyl groups excluding tert-OH is 1. The van der Waals surface area contributed by atoms with E-state index in [0.717, 1.165) is 42.7 Å². The van der Waals surface area contributed by atoms with E-state index in [1.807, 2.05) is 36.4 Å². The van der Waals surface area contributed by atoms with Crippen LogP contribution in [0.5, 0.6) is 11.5 Å². The molecule has 7 heteroatoms. The van der Waals surface area contributed by atoms with Crippen LogP contribution in [0.15, 0.2) is 42.5 Å². The molecule has 4 rings (SSSR count). The van der Waals surface area contributed by atoms with E-state index in [-0.39, 0.29) is 12.7 Å². The molecular weight excluding hydrogens is 404 g/mol. The molecule has 0 aromatic heterocycles. The number of anilines is 1. The Hall–Kier alpha value is -1.99. The first-order valence-electron chi connectivity index (χ1n) is 10.5. The summed E-state index contributed by atoms with van der Waals surface area (Å²) in [6.45, 7) is 7.49. The number of β-amino-alcohol motifs (C(OH)–C–C–N with tert-alkyl or cyclic N) is 1. The van der Waals surface area contributed by atoms with Gasteiger partial charge in [-0.15, -0.1) is 0 Å². The number of hydrogen-bond acceptors (Lipinski definition) is 6. The van der Waals surface area contributed by atoms with E-state index in [1.165, 1.54) is 11.3 Å². The molecule has 0 spiro atoms. The lowest BCUT2D eigenvalue weighted by Gasteiger charge is -2.37. The fourth-order valence-electron chi connectivity index (χ4n) is 3.93. The predicted octanol–water partition coefficient (Wildman–Crippen LogP) is 2.99. The van der Waals surface area contributed by atoms with Crippen molar-refractivity contribution in [3.63, 3.8) is 0 Å². The maximum absolute atomic E-state index is 10.4. The normalized spacial score (nSPS) is 20.2. The zero-order valence-electron chi connectivity index (χ0n) is 17.3. The molecule has 0 aliphatic carbocycles. The third kappa shape index (κ3) is 5.38. The number of ether oxygens (including phenoxy) is 3. The SMILES string of the molecule is Cc1ccc(Cl)cc1N1CCN(CC(O)COCC2COc3ccccc3O2)CC1. The Labute approximate surface area is 182 Å². The molecule has 2 aliphatic rings. The van der Waals surface area contributed by atoms with Gasteiger partial charge in [0, 0.05) is 43.4 Å². The molecule has 1 N–H and O–H groups in total. The second-order valence-corrected chi connectivity index (χ2v) is 8.34. The molecule has 30 heavy (non-hydrogen) atoms. The number of piperazine rings is 1. The Bertz CT molecular complexity index is 842. The number of nitrogens with zero attached hydrogens (tertiary/aromatic N) is 2. The van der Waals surface area contributed by atoms with Crippen molar-refractivity contribution < 1.29 is 19.3 Å². The van der Waals surface area contributed by atoms with E-state index in [0.29, 0.717) is 19.8 Å². The van der Waals surface area contributed by atoms with E-state index in [2.05, 4.69) is 22.8 Å². The van der Waals surface area contributed by atoms with Gasteiger partial charge in [-0.25, -0.2) is 0 Å². The highest BCUT2D eigenvalue weighted by atomic mass is 35.5. The van der Waals surface area contributed by atoms with Crippen molar-refractivity contribution in [2.24, 2.45) is 0 Å². The number of rotatable bonds is 7. The largest absolute Gasteiger partial charge is 0.486 e. The van der Waals surface area contributed by atoms with Gasteiger partial charge >= 0.3 is 0 Å². The number of halogens is 1. The van der Waals surface area contributed by atoms with Gasteiger partial charge in [-0.1, -0.05) is 29.8 Å². The van der Waals surface area contributed by atoms with Crippen LogP contribution in [-0.4, -0.2) is 74.8 Å². The minimum absolute atomic E-state index is 0.156. The number of hydrogen-bond donors (Lipinski definition) is 1. The Kier molecular flexibility index (Phi) is 7.00. The number of benzene rings is 2. The highest BCUT2D eigenvalue weighted by Crippen LogP contribution is 2.31. The highest BCUT2D eigenvalue weighted by Gasteiger charge is 2.23. The molecule has 6 nitrogen and oxygen atoms in total. The van der Waals surface area contributed by atoms with Gasteiger partial charge in [0.15, 0.2) is 17.6 Å². The molecule has 2 atom stereocenters. The van der Waals surface area contributed by atoms with Crippen molar-refractivity contribution in [1.29, 1.82) is 0 Å². The summed E-state index contributed by atoms with van der Waals surface area (Å²) in [4.78, 5) is 4.64. The molecular formula is C23H29ClN2O4.